The van der Waals surface area contributed by atoms with Gasteiger partial charge in [0.2, 0.25) is 0 Å². The summed E-state index contributed by atoms with van der Waals surface area (Å²) in [4.78, 5) is 10.9. The van der Waals surface area contributed by atoms with Crippen LogP contribution in [0.2, 0.25) is 0 Å². The zero-order valence-electron chi connectivity index (χ0n) is 10.8. The lowest BCUT2D eigenvalue weighted by Gasteiger charge is -2.19. The van der Waals surface area contributed by atoms with Crippen molar-refractivity contribution < 1.29 is 0 Å². The molecule has 0 radical (unpaired) electrons. The van der Waals surface area contributed by atoms with Crippen LogP contribution in [0.15, 0.2) is 34.9 Å². The average Bonchev–Trinajstić information content (AvgIpc) is 2.37. The Morgan fingerprint density at radius 2 is 2.00 bits per heavy atom. The normalized spacial score (nSPS) is 10.4. The first kappa shape index (κ1) is 13.0. The molecule has 1 aromatic heterocycles. The molecule has 0 aliphatic carbocycles. The molecule has 0 atom stereocenters. The first-order chi connectivity index (χ1) is 8.60. The van der Waals surface area contributed by atoms with Crippen LogP contribution in [-0.4, -0.2) is 17.0 Å². The molecule has 2 rings (SSSR count). The highest BCUT2D eigenvalue weighted by Crippen LogP contribution is 2.24. The average molecular weight is 306 g/mol. The van der Waals surface area contributed by atoms with Crippen LogP contribution in [0.5, 0.6) is 0 Å². The fraction of sp³-hybridized carbons (Fsp3) is 0.286. The molecule has 0 saturated heterocycles. The van der Waals surface area contributed by atoms with E-state index in [-0.39, 0.29) is 0 Å². The molecule has 1 heterocycles. The summed E-state index contributed by atoms with van der Waals surface area (Å²) < 4.78 is 0.823. The largest absolute Gasteiger partial charge is 0.329 e. The number of benzene rings is 1. The number of aryl methyl sites for hydroxylation is 2. The Morgan fingerprint density at radius 3 is 2.67 bits per heavy atom. The Morgan fingerprint density at radius 1 is 1.22 bits per heavy atom. The zero-order chi connectivity index (χ0) is 13.1. The van der Waals surface area contributed by atoms with E-state index in [0.717, 1.165) is 28.4 Å². The summed E-state index contributed by atoms with van der Waals surface area (Å²) in [6, 6.07) is 10.3. The third-order valence-electron chi connectivity index (χ3n) is 2.78. The molecule has 2 aromatic rings. The molecule has 3 nitrogen and oxygen atoms in total. The zero-order valence-corrected chi connectivity index (χ0v) is 12.4. The number of anilines is 2. The van der Waals surface area contributed by atoms with Gasteiger partial charge in [-0.1, -0.05) is 19.1 Å². The third kappa shape index (κ3) is 2.88. The van der Waals surface area contributed by atoms with Crippen LogP contribution in [0.4, 0.5) is 11.5 Å². The Bertz CT molecular complexity index is 554. The highest BCUT2D eigenvalue weighted by molar-refractivity contribution is 9.10. The van der Waals surface area contributed by atoms with Gasteiger partial charge in [0.1, 0.15) is 16.2 Å². The van der Waals surface area contributed by atoms with Crippen LogP contribution in [0.1, 0.15) is 18.3 Å². The highest BCUT2D eigenvalue weighted by Gasteiger charge is 2.08. The predicted octanol–water partition coefficient (Wildman–Crippen LogP) is 3.88. The lowest BCUT2D eigenvalue weighted by atomic mass is 10.2. The molecule has 94 valence electrons. The van der Waals surface area contributed by atoms with Gasteiger partial charge >= 0.3 is 0 Å². The summed E-state index contributed by atoms with van der Waals surface area (Å²) in [6.07, 6.45) is 0.827. The van der Waals surface area contributed by atoms with Crippen molar-refractivity contribution in [3.05, 3.63) is 46.3 Å². The monoisotopic (exact) mass is 305 g/mol. The molecule has 0 amide bonds. The molecule has 0 fully saturated rings. The molecule has 4 heteroatoms. The number of rotatable bonds is 3. The van der Waals surface area contributed by atoms with E-state index in [4.69, 9.17) is 0 Å². The fourth-order valence-corrected chi connectivity index (χ4v) is 2.16. The predicted molar refractivity (Wildman–Crippen MR) is 78.4 cm³/mol. The van der Waals surface area contributed by atoms with Crippen LogP contribution in [0.25, 0.3) is 0 Å². The first-order valence-electron chi connectivity index (χ1n) is 5.94. The smallest absolute Gasteiger partial charge is 0.137 e. The lowest BCUT2D eigenvalue weighted by molar-refractivity contribution is 0.915. The summed E-state index contributed by atoms with van der Waals surface area (Å²) in [5, 5.41) is 0. The van der Waals surface area contributed by atoms with Crippen LogP contribution >= 0.6 is 15.9 Å². The molecule has 18 heavy (non-hydrogen) atoms. The van der Waals surface area contributed by atoms with Gasteiger partial charge in [0.15, 0.2) is 0 Å². The summed E-state index contributed by atoms with van der Waals surface area (Å²) in [7, 11) is 2.02. The van der Waals surface area contributed by atoms with Crippen molar-refractivity contribution in [2.45, 2.75) is 20.3 Å². The standard InChI is InChI=1S/C14H16BrN3/c1-4-13-16-12(15)9-14(17-13)18(3)11-7-5-6-10(2)8-11/h5-9H,4H2,1-3H3. The van der Waals surface area contributed by atoms with E-state index < -0.39 is 0 Å². The second-order valence-electron chi connectivity index (χ2n) is 4.22. The van der Waals surface area contributed by atoms with Crippen molar-refractivity contribution in [3.8, 4) is 0 Å². The second kappa shape index (κ2) is 5.48. The molecule has 0 saturated carbocycles. The number of hydrogen-bond acceptors (Lipinski definition) is 3. The van der Waals surface area contributed by atoms with Crippen molar-refractivity contribution in [2.24, 2.45) is 0 Å². The van der Waals surface area contributed by atoms with Crippen molar-refractivity contribution in [3.63, 3.8) is 0 Å². The van der Waals surface area contributed by atoms with Crippen LogP contribution in [0.3, 0.4) is 0 Å². The summed E-state index contributed by atoms with van der Waals surface area (Å²) in [5.74, 6) is 1.75. The maximum Gasteiger partial charge on any atom is 0.137 e. The van der Waals surface area contributed by atoms with Gasteiger partial charge in [-0.2, -0.15) is 0 Å². The maximum absolute atomic E-state index is 4.54. The second-order valence-corrected chi connectivity index (χ2v) is 5.03. The van der Waals surface area contributed by atoms with Gasteiger partial charge in [0.25, 0.3) is 0 Å². The molecular formula is C14H16BrN3. The van der Waals surface area contributed by atoms with E-state index >= 15 is 0 Å². The Balaban J connectivity index is 2.39. The molecule has 0 unspecified atom stereocenters. The molecule has 1 aromatic carbocycles. The Hall–Kier alpha value is -1.42. The van der Waals surface area contributed by atoms with Gasteiger partial charge < -0.3 is 4.90 Å². The highest BCUT2D eigenvalue weighted by atomic mass is 79.9. The van der Waals surface area contributed by atoms with Crippen molar-refractivity contribution in [1.82, 2.24) is 9.97 Å². The van der Waals surface area contributed by atoms with Gasteiger partial charge in [-0.05, 0) is 40.5 Å². The van der Waals surface area contributed by atoms with E-state index in [1.54, 1.807) is 0 Å². The van der Waals surface area contributed by atoms with Gasteiger partial charge in [-0.15, -0.1) is 0 Å². The SMILES string of the molecule is CCc1nc(Br)cc(N(C)c2cccc(C)c2)n1. The summed E-state index contributed by atoms with van der Waals surface area (Å²) >= 11 is 3.43. The first-order valence-corrected chi connectivity index (χ1v) is 6.73. The molecular weight excluding hydrogens is 290 g/mol. The quantitative estimate of drug-likeness (QED) is 0.806. The molecule has 0 aliphatic heterocycles. The fourth-order valence-electron chi connectivity index (χ4n) is 1.75. The van der Waals surface area contributed by atoms with Crippen molar-refractivity contribution in [2.75, 3.05) is 11.9 Å². The van der Waals surface area contributed by atoms with E-state index in [1.165, 1.54) is 5.56 Å². The van der Waals surface area contributed by atoms with Gasteiger partial charge in [0, 0.05) is 25.2 Å². The topological polar surface area (TPSA) is 29.0 Å². The Kier molecular flexibility index (Phi) is 3.97. The van der Waals surface area contributed by atoms with E-state index in [1.807, 2.05) is 13.1 Å². The van der Waals surface area contributed by atoms with Crippen LogP contribution in [-0.2, 0) is 6.42 Å². The van der Waals surface area contributed by atoms with Gasteiger partial charge in [-0.25, -0.2) is 9.97 Å². The van der Waals surface area contributed by atoms with E-state index in [0.29, 0.717) is 0 Å². The summed E-state index contributed by atoms with van der Waals surface area (Å²) in [5.41, 5.74) is 2.37. The molecule has 0 N–H and O–H groups in total. The minimum Gasteiger partial charge on any atom is -0.329 e. The van der Waals surface area contributed by atoms with Gasteiger partial charge in [-0.3, -0.25) is 0 Å². The minimum atomic E-state index is 0.823. The number of aromatic nitrogens is 2. The molecule has 0 bridgehead atoms. The van der Waals surface area contributed by atoms with Crippen LogP contribution in [0, 0.1) is 6.92 Å². The molecule has 0 aliphatic rings. The third-order valence-corrected chi connectivity index (χ3v) is 3.18. The van der Waals surface area contributed by atoms with E-state index in [9.17, 15) is 0 Å². The van der Waals surface area contributed by atoms with Crippen molar-refractivity contribution in [1.29, 1.82) is 0 Å². The summed E-state index contributed by atoms with van der Waals surface area (Å²) in [6.45, 7) is 4.14. The lowest BCUT2D eigenvalue weighted by Crippen LogP contribution is -2.12. The molecule has 0 spiro atoms. The Labute approximate surface area is 116 Å². The van der Waals surface area contributed by atoms with Crippen LogP contribution < -0.4 is 4.90 Å². The maximum atomic E-state index is 4.54. The van der Waals surface area contributed by atoms with E-state index in [2.05, 4.69) is 68.9 Å². The minimum absolute atomic E-state index is 0.823. The number of nitrogens with zero attached hydrogens (tertiary/aromatic N) is 3. The number of halogens is 1. The van der Waals surface area contributed by atoms with Gasteiger partial charge in [0.05, 0.1) is 0 Å². The number of hydrogen-bond donors (Lipinski definition) is 0. The van der Waals surface area contributed by atoms with Crippen molar-refractivity contribution >= 4 is 27.4 Å².